The standard InChI is InChI=1S/C28H35N3O3S/c1-22(19-27-5-4-18-35-27)31(20-23-6-10-25(33-2)11-7-23)21-28(32)30-16-14-29(15-17-30)24-8-12-26(34-3)13-9-24/h4-13,18,22H,14-17,19-21H2,1-3H3/t22-/m1/s1. The number of carbonyl (C=O) groups excluding carboxylic acids is 1. The Balaban J connectivity index is 1.38. The van der Waals surface area contributed by atoms with Gasteiger partial charge in [-0.1, -0.05) is 18.2 Å². The van der Waals surface area contributed by atoms with Gasteiger partial charge in [0.25, 0.3) is 0 Å². The van der Waals surface area contributed by atoms with Crippen LogP contribution >= 0.6 is 11.3 Å². The molecule has 3 aromatic rings. The second-order valence-corrected chi connectivity index (χ2v) is 9.98. The van der Waals surface area contributed by atoms with Crippen molar-refractivity contribution >= 4 is 22.9 Å². The molecule has 35 heavy (non-hydrogen) atoms. The first kappa shape index (κ1) is 25.1. The van der Waals surface area contributed by atoms with Gasteiger partial charge < -0.3 is 19.3 Å². The van der Waals surface area contributed by atoms with Crippen LogP contribution in [0.4, 0.5) is 5.69 Å². The van der Waals surface area contributed by atoms with Crippen LogP contribution in [0, 0.1) is 0 Å². The van der Waals surface area contributed by atoms with E-state index in [2.05, 4.69) is 58.5 Å². The average Bonchev–Trinajstić information content (AvgIpc) is 3.42. The lowest BCUT2D eigenvalue weighted by molar-refractivity contribution is -0.133. The quantitative estimate of drug-likeness (QED) is 0.415. The van der Waals surface area contributed by atoms with E-state index in [1.807, 2.05) is 29.2 Å². The van der Waals surface area contributed by atoms with E-state index in [4.69, 9.17) is 9.47 Å². The maximum absolute atomic E-state index is 13.4. The fourth-order valence-corrected chi connectivity index (χ4v) is 5.29. The average molecular weight is 494 g/mol. The smallest absolute Gasteiger partial charge is 0.236 e. The Labute approximate surface area is 212 Å². The van der Waals surface area contributed by atoms with Crippen LogP contribution in [0.5, 0.6) is 11.5 Å². The van der Waals surface area contributed by atoms with Crippen molar-refractivity contribution in [1.82, 2.24) is 9.80 Å². The molecule has 1 saturated heterocycles. The molecule has 2 heterocycles. The van der Waals surface area contributed by atoms with E-state index in [9.17, 15) is 4.79 Å². The summed E-state index contributed by atoms with van der Waals surface area (Å²) < 4.78 is 10.6. The molecule has 1 aliphatic rings. The highest BCUT2D eigenvalue weighted by atomic mass is 32.1. The van der Waals surface area contributed by atoms with E-state index in [1.54, 1.807) is 25.6 Å². The summed E-state index contributed by atoms with van der Waals surface area (Å²) in [5.41, 5.74) is 2.35. The van der Waals surface area contributed by atoms with Crippen molar-refractivity contribution in [1.29, 1.82) is 0 Å². The molecule has 0 aliphatic carbocycles. The van der Waals surface area contributed by atoms with Gasteiger partial charge in [-0.15, -0.1) is 11.3 Å². The van der Waals surface area contributed by atoms with E-state index in [-0.39, 0.29) is 11.9 Å². The zero-order valence-corrected chi connectivity index (χ0v) is 21.7. The number of anilines is 1. The Bertz CT molecular complexity index is 1050. The van der Waals surface area contributed by atoms with Crippen LogP contribution in [0.15, 0.2) is 66.0 Å². The van der Waals surface area contributed by atoms with Crippen molar-refractivity contribution in [3.63, 3.8) is 0 Å². The zero-order chi connectivity index (χ0) is 24.6. The van der Waals surface area contributed by atoms with Crippen LogP contribution < -0.4 is 14.4 Å². The molecule has 1 amide bonds. The monoisotopic (exact) mass is 493 g/mol. The van der Waals surface area contributed by atoms with Crippen molar-refractivity contribution < 1.29 is 14.3 Å². The number of carbonyl (C=O) groups is 1. The third-order valence-corrected chi connectivity index (χ3v) is 7.55. The SMILES string of the molecule is COc1ccc(CN(CC(=O)N2CCN(c3ccc(OC)cc3)CC2)[C@H](C)Cc2cccs2)cc1. The van der Waals surface area contributed by atoms with Gasteiger partial charge in [-0.2, -0.15) is 0 Å². The lowest BCUT2D eigenvalue weighted by Crippen LogP contribution is -2.52. The first-order valence-corrected chi connectivity index (χ1v) is 13.0. The van der Waals surface area contributed by atoms with Crippen molar-refractivity contribution in [3.05, 3.63) is 76.5 Å². The topological polar surface area (TPSA) is 45.2 Å². The van der Waals surface area contributed by atoms with Gasteiger partial charge in [-0.3, -0.25) is 9.69 Å². The number of benzene rings is 2. The second-order valence-electron chi connectivity index (χ2n) is 8.95. The van der Waals surface area contributed by atoms with Crippen LogP contribution in [-0.2, 0) is 17.8 Å². The molecule has 2 aromatic carbocycles. The van der Waals surface area contributed by atoms with Gasteiger partial charge in [0.2, 0.25) is 5.91 Å². The highest BCUT2D eigenvalue weighted by Gasteiger charge is 2.25. The van der Waals surface area contributed by atoms with Gasteiger partial charge in [0, 0.05) is 49.3 Å². The number of rotatable bonds is 10. The number of hydrogen-bond acceptors (Lipinski definition) is 6. The number of hydrogen-bond donors (Lipinski definition) is 0. The van der Waals surface area contributed by atoms with E-state index in [0.717, 1.165) is 50.6 Å². The molecule has 4 rings (SSSR count). The van der Waals surface area contributed by atoms with Crippen LogP contribution in [0.2, 0.25) is 0 Å². The first-order valence-electron chi connectivity index (χ1n) is 12.1. The van der Waals surface area contributed by atoms with Crippen molar-refractivity contribution in [2.45, 2.75) is 25.9 Å². The highest BCUT2D eigenvalue weighted by Crippen LogP contribution is 2.22. The molecule has 6 nitrogen and oxygen atoms in total. The van der Waals surface area contributed by atoms with Gasteiger partial charge in [-0.25, -0.2) is 0 Å². The minimum Gasteiger partial charge on any atom is -0.497 e. The molecule has 1 fully saturated rings. The normalized spacial score (nSPS) is 14.7. The van der Waals surface area contributed by atoms with Crippen molar-refractivity contribution in [3.8, 4) is 11.5 Å². The zero-order valence-electron chi connectivity index (χ0n) is 20.9. The Kier molecular flexibility index (Phi) is 8.66. The lowest BCUT2D eigenvalue weighted by atomic mass is 10.1. The van der Waals surface area contributed by atoms with Crippen LogP contribution in [0.1, 0.15) is 17.4 Å². The largest absolute Gasteiger partial charge is 0.497 e. The Hall–Kier alpha value is -3.03. The van der Waals surface area contributed by atoms with Crippen molar-refractivity contribution in [2.24, 2.45) is 0 Å². The third kappa shape index (κ3) is 6.77. The molecule has 0 bridgehead atoms. The highest BCUT2D eigenvalue weighted by molar-refractivity contribution is 7.09. The molecule has 1 aliphatic heterocycles. The molecule has 0 N–H and O–H groups in total. The van der Waals surface area contributed by atoms with Gasteiger partial charge in [-0.05, 0) is 66.8 Å². The minimum absolute atomic E-state index is 0.200. The summed E-state index contributed by atoms with van der Waals surface area (Å²) in [6.45, 7) is 6.51. The van der Waals surface area contributed by atoms with Gasteiger partial charge in [0.15, 0.2) is 0 Å². The van der Waals surface area contributed by atoms with E-state index >= 15 is 0 Å². The number of methoxy groups -OCH3 is 2. The molecule has 186 valence electrons. The van der Waals surface area contributed by atoms with Crippen molar-refractivity contribution in [2.75, 3.05) is 51.8 Å². The molecular weight excluding hydrogens is 458 g/mol. The minimum atomic E-state index is 0.200. The lowest BCUT2D eigenvalue weighted by Gasteiger charge is -2.38. The Morgan fingerprint density at radius 2 is 1.57 bits per heavy atom. The predicted octanol–water partition coefficient (Wildman–Crippen LogP) is 4.55. The number of nitrogens with zero attached hydrogens (tertiary/aromatic N) is 3. The first-order chi connectivity index (χ1) is 17.1. The Morgan fingerprint density at radius 1 is 0.943 bits per heavy atom. The summed E-state index contributed by atoms with van der Waals surface area (Å²) in [5, 5.41) is 2.11. The molecule has 0 spiro atoms. The van der Waals surface area contributed by atoms with E-state index in [1.165, 1.54) is 16.1 Å². The summed E-state index contributed by atoms with van der Waals surface area (Å²) in [6.07, 6.45) is 0.937. The summed E-state index contributed by atoms with van der Waals surface area (Å²) in [5.74, 6) is 1.90. The molecule has 0 radical (unpaired) electrons. The summed E-state index contributed by atoms with van der Waals surface area (Å²) in [7, 11) is 3.36. The molecular formula is C28H35N3O3S. The van der Waals surface area contributed by atoms with Crippen LogP contribution in [0.3, 0.4) is 0 Å². The molecule has 1 aromatic heterocycles. The Morgan fingerprint density at radius 3 is 2.14 bits per heavy atom. The number of piperazine rings is 1. The molecule has 7 heteroatoms. The summed E-state index contributed by atoms with van der Waals surface area (Å²) in [6, 6.07) is 20.8. The van der Waals surface area contributed by atoms with E-state index in [0.29, 0.717) is 6.54 Å². The summed E-state index contributed by atoms with van der Waals surface area (Å²) >= 11 is 1.78. The molecule has 0 unspecified atom stereocenters. The predicted molar refractivity (Wildman–Crippen MR) is 143 cm³/mol. The van der Waals surface area contributed by atoms with Gasteiger partial charge >= 0.3 is 0 Å². The van der Waals surface area contributed by atoms with Gasteiger partial charge in [0.05, 0.1) is 20.8 Å². The number of amides is 1. The summed E-state index contributed by atoms with van der Waals surface area (Å²) in [4.78, 5) is 21.4. The van der Waals surface area contributed by atoms with E-state index < -0.39 is 0 Å². The number of thiophene rings is 1. The fourth-order valence-electron chi connectivity index (χ4n) is 4.46. The maximum atomic E-state index is 13.4. The molecule has 0 saturated carbocycles. The number of ether oxygens (including phenoxy) is 2. The maximum Gasteiger partial charge on any atom is 0.236 e. The molecule has 1 atom stereocenters. The second kappa shape index (κ2) is 12.1. The third-order valence-electron chi connectivity index (χ3n) is 6.65. The van der Waals surface area contributed by atoms with Crippen LogP contribution in [0.25, 0.3) is 0 Å². The fraction of sp³-hybridized carbons (Fsp3) is 0.393. The van der Waals surface area contributed by atoms with Crippen LogP contribution in [-0.4, -0.2) is 68.7 Å². The van der Waals surface area contributed by atoms with Gasteiger partial charge in [0.1, 0.15) is 11.5 Å².